The number of rotatable bonds is 5. The summed E-state index contributed by atoms with van der Waals surface area (Å²) in [5.41, 5.74) is 3.26. The SMILES string of the molecule is CCC(c1ccccc1)C(NC)c1cc(C)cc(F)c1. The van der Waals surface area contributed by atoms with Gasteiger partial charge in [0.1, 0.15) is 5.82 Å². The number of hydrogen-bond acceptors (Lipinski definition) is 1. The second-order valence-corrected chi connectivity index (χ2v) is 5.25. The number of nitrogens with one attached hydrogen (secondary N) is 1. The summed E-state index contributed by atoms with van der Waals surface area (Å²) >= 11 is 0. The molecule has 0 aliphatic heterocycles. The largest absolute Gasteiger partial charge is 0.312 e. The fraction of sp³-hybridized carbons (Fsp3) is 0.333. The van der Waals surface area contributed by atoms with Crippen molar-refractivity contribution in [2.45, 2.75) is 32.2 Å². The molecule has 2 atom stereocenters. The lowest BCUT2D eigenvalue weighted by molar-refractivity contribution is 0.465. The highest BCUT2D eigenvalue weighted by Crippen LogP contribution is 2.33. The van der Waals surface area contributed by atoms with Gasteiger partial charge >= 0.3 is 0 Å². The molecule has 106 valence electrons. The summed E-state index contributed by atoms with van der Waals surface area (Å²) in [5.74, 6) is 0.172. The molecule has 1 N–H and O–H groups in total. The Morgan fingerprint density at radius 3 is 2.30 bits per heavy atom. The van der Waals surface area contributed by atoms with Gasteiger partial charge in [-0.3, -0.25) is 0 Å². The van der Waals surface area contributed by atoms with Gasteiger partial charge in [0.25, 0.3) is 0 Å². The molecule has 0 fully saturated rings. The van der Waals surface area contributed by atoms with E-state index in [1.54, 1.807) is 12.1 Å². The van der Waals surface area contributed by atoms with E-state index >= 15 is 0 Å². The number of hydrogen-bond donors (Lipinski definition) is 1. The van der Waals surface area contributed by atoms with Gasteiger partial charge in [-0.05, 0) is 49.2 Å². The number of halogens is 1. The maximum absolute atomic E-state index is 13.7. The Kier molecular flexibility index (Phi) is 4.91. The van der Waals surface area contributed by atoms with Crippen LogP contribution >= 0.6 is 0 Å². The average molecular weight is 271 g/mol. The fourth-order valence-corrected chi connectivity index (χ4v) is 2.91. The molecule has 0 saturated carbocycles. The van der Waals surface area contributed by atoms with E-state index in [0.29, 0.717) is 5.92 Å². The summed E-state index contributed by atoms with van der Waals surface area (Å²) in [5, 5.41) is 3.36. The summed E-state index contributed by atoms with van der Waals surface area (Å²) in [4.78, 5) is 0. The fourth-order valence-electron chi connectivity index (χ4n) is 2.91. The second kappa shape index (κ2) is 6.67. The summed E-state index contributed by atoms with van der Waals surface area (Å²) in [6, 6.07) is 15.8. The highest BCUT2D eigenvalue weighted by Gasteiger charge is 2.22. The van der Waals surface area contributed by atoms with Gasteiger partial charge in [-0.1, -0.05) is 43.3 Å². The molecular weight excluding hydrogens is 249 g/mol. The van der Waals surface area contributed by atoms with Crippen molar-refractivity contribution in [2.24, 2.45) is 0 Å². The van der Waals surface area contributed by atoms with Crippen LogP contribution in [-0.2, 0) is 0 Å². The maximum Gasteiger partial charge on any atom is 0.123 e. The summed E-state index contributed by atoms with van der Waals surface area (Å²) in [6.07, 6.45) is 1.01. The van der Waals surface area contributed by atoms with Crippen molar-refractivity contribution < 1.29 is 4.39 Å². The first-order valence-corrected chi connectivity index (χ1v) is 7.15. The van der Waals surface area contributed by atoms with E-state index in [0.717, 1.165) is 17.5 Å². The topological polar surface area (TPSA) is 12.0 Å². The van der Waals surface area contributed by atoms with Crippen molar-refractivity contribution in [1.29, 1.82) is 0 Å². The molecule has 0 spiro atoms. The van der Waals surface area contributed by atoms with Crippen molar-refractivity contribution in [3.63, 3.8) is 0 Å². The Balaban J connectivity index is 2.39. The summed E-state index contributed by atoms with van der Waals surface area (Å²) in [7, 11) is 1.94. The minimum absolute atomic E-state index is 0.122. The van der Waals surface area contributed by atoms with Crippen LogP contribution < -0.4 is 5.32 Å². The zero-order chi connectivity index (χ0) is 14.5. The van der Waals surface area contributed by atoms with E-state index in [1.807, 2.05) is 20.0 Å². The Hall–Kier alpha value is -1.67. The van der Waals surface area contributed by atoms with Crippen LogP contribution in [0.25, 0.3) is 0 Å². The van der Waals surface area contributed by atoms with Crippen LogP contribution in [0.2, 0.25) is 0 Å². The number of aryl methyl sites for hydroxylation is 1. The van der Waals surface area contributed by atoms with E-state index in [1.165, 1.54) is 5.56 Å². The minimum atomic E-state index is -0.164. The lowest BCUT2D eigenvalue weighted by Gasteiger charge is -2.27. The Bertz CT molecular complexity index is 530. The van der Waals surface area contributed by atoms with Gasteiger partial charge in [0.05, 0.1) is 0 Å². The quantitative estimate of drug-likeness (QED) is 0.838. The Morgan fingerprint density at radius 1 is 1.05 bits per heavy atom. The third kappa shape index (κ3) is 3.26. The highest BCUT2D eigenvalue weighted by atomic mass is 19.1. The molecule has 0 radical (unpaired) electrons. The first-order chi connectivity index (χ1) is 9.65. The molecule has 0 aliphatic rings. The molecule has 0 heterocycles. The van der Waals surface area contributed by atoms with Crippen LogP contribution in [0.3, 0.4) is 0 Å². The van der Waals surface area contributed by atoms with Crippen LogP contribution in [0.4, 0.5) is 4.39 Å². The van der Waals surface area contributed by atoms with Crippen molar-refractivity contribution in [3.8, 4) is 0 Å². The lowest BCUT2D eigenvalue weighted by Crippen LogP contribution is -2.24. The van der Waals surface area contributed by atoms with E-state index in [9.17, 15) is 4.39 Å². The van der Waals surface area contributed by atoms with Crippen molar-refractivity contribution in [1.82, 2.24) is 5.32 Å². The van der Waals surface area contributed by atoms with Crippen LogP contribution in [-0.4, -0.2) is 7.05 Å². The van der Waals surface area contributed by atoms with Gasteiger partial charge in [-0.15, -0.1) is 0 Å². The molecule has 2 rings (SSSR count). The molecule has 2 aromatic rings. The van der Waals surface area contributed by atoms with Gasteiger partial charge in [-0.2, -0.15) is 0 Å². The van der Waals surface area contributed by atoms with E-state index < -0.39 is 0 Å². The normalized spacial score (nSPS) is 14.0. The van der Waals surface area contributed by atoms with Crippen molar-refractivity contribution in [3.05, 3.63) is 71.0 Å². The molecule has 0 amide bonds. The van der Waals surface area contributed by atoms with Gasteiger partial charge in [0, 0.05) is 12.0 Å². The molecule has 0 bridgehead atoms. The minimum Gasteiger partial charge on any atom is -0.312 e. The average Bonchev–Trinajstić information content (AvgIpc) is 2.44. The monoisotopic (exact) mass is 271 g/mol. The second-order valence-electron chi connectivity index (χ2n) is 5.25. The molecule has 2 unspecified atom stereocenters. The molecule has 1 nitrogen and oxygen atoms in total. The Labute approximate surface area is 120 Å². The molecule has 0 saturated heterocycles. The predicted molar refractivity (Wildman–Crippen MR) is 82.4 cm³/mol. The lowest BCUT2D eigenvalue weighted by atomic mass is 9.85. The van der Waals surface area contributed by atoms with E-state index in [-0.39, 0.29) is 11.9 Å². The zero-order valence-electron chi connectivity index (χ0n) is 12.4. The highest BCUT2D eigenvalue weighted by molar-refractivity contribution is 5.31. The van der Waals surface area contributed by atoms with E-state index in [4.69, 9.17) is 0 Å². The van der Waals surface area contributed by atoms with Crippen molar-refractivity contribution >= 4 is 0 Å². The van der Waals surface area contributed by atoms with Crippen LogP contribution in [0.1, 0.15) is 42.0 Å². The summed E-state index contributed by atoms with van der Waals surface area (Å²) < 4.78 is 13.7. The zero-order valence-corrected chi connectivity index (χ0v) is 12.4. The van der Waals surface area contributed by atoms with Gasteiger partial charge in [0.2, 0.25) is 0 Å². The maximum atomic E-state index is 13.7. The third-order valence-corrected chi connectivity index (χ3v) is 3.80. The Morgan fingerprint density at radius 2 is 1.75 bits per heavy atom. The first-order valence-electron chi connectivity index (χ1n) is 7.15. The molecular formula is C18H22FN. The van der Waals surface area contributed by atoms with Crippen LogP contribution in [0.15, 0.2) is 48.5 Å². The van der Waals surface area contributed by atoms with Crippen LogP contribution in [0.5, 0.6) is 0 Å². The van der Waals surface area contributed by atoms with Gasteiger partial charge in [-0.25, -0.2) is 4.39 Å². The van der Waals surface area contributed by atoms with E-state index in [2.05, 4.69) is 42.6 Å². The number of likely N-dealkylation sites (N-methyl/N-ethyl adjacent to an activating group) is 1. The van der Waals surface area contributed by atoms with Gasteiger partial charge in [0.15, 0.2) is 0 Å². The van der Waals surface area contributed by atoms with Crippen molar-refractivity contribution in [2.75, 3.05) is 7.05 Å². The molecule has 0 aromatic heterocycles. The molecule has 0 aliphatic carbocycles. The predicted octanol–water partition coefficient (Wildman–Crippen LogP) is 4.59. The van der Waals surface area contributed by atoms with Gasteiger partial charge < -0.3 is 5.32 Å². The van der Waals surface area contributed by atoms with Crippen LogP contribution in [0, 0.1) is 12.7 Å². The third-order valence-electron chi connectivity index (χ3n) is 3.80. The first kappa shape index (κ1) is 14.7. The smallest absolute Gasteiger partial charge is 0.123 e. The standard InChI is InChI=1S/C18H22FN/c1-4-17(14-8-6-5-7-9-14)18(20-3)15-10-13(2)11-16(19)12-15/h5-12,17-18,20H,4H2,1-3H3. The molecule has 2 aromatic carbocycles. The number of benzene rings is 2. The summed E-state index contributed by atoms with van der Waals surface area (Å²) in [6.45, 7) is 4.11. The molecule has 20 heavy (non-hydrogen) atoms. The molecule has 2 heteroatoms.